The zero-order chi connectivity index (χ0) is 12.5. The van der Waals surface area contributed by atoms with Gasteiger partial charge >= 0.3 is 6.18 Å². The molecule has 0 spiro atoms. The van der Waals surface area contributed by atoms with Crippen LogP contribution in [-0.4, -0.2) is 36.8 Å². The van der Waals surface area contributed by atoms with Gasteiger partial charge in [-0.15, -0.1) is 0 Å². The van der Waals surface area contributed by atoms with Crippen LogP contribution in [0.4, 0.5) is 13.2 Å². The van der Waals surface area contributed by atoms with Crippen molar-refractivity contribution in [2.45, 2.75) is 44.3 Å². The van der Waals surface area contributed by atoms with E-state index in [1.807, 2.05) is 4.90 Å². The van der Waals surface area contributed by atoms with Crippen molar-refractivity contribution >= 4 is 0 Å². The summed E-state index contributed by atoms with van der Waals surface area (Å²) in [6.45, 7) is 1.73. The van der Waals surface area contributed by atoms with Crippen molar-refractivity contribution in [3.63, 3.8) is 0 Å². The Morgan fingerprint density at radius 1 is 1.12 bits per heavy atom. The fraction of sp³-hybridized carbons (Fsp3) is 1.00. The van der Waals surface area contributed by atoms with Crippen LogP contribution >= 0.6 is 0 Å². The van der Waals surface area contributed by atoms with E-state index < -0.39 is 12.1 Å². The molecular formula is C12H21F3N2. The SMILES string of the molecule is NC1CCCC1CN1CCCC(C(F)(F)F)C1. The third kappa shape index (κ3) is 3.35. The highest BCUT2D eigenvalue weighted by molar-refractivity contribution is 4.85. The molecule has 2 N–H and O–H groups in total. The van der Waals surface area contributed by atoms with Crippen molar-refractivity contribution in [1.29, 1.82) is 0 Å². The van der Waals surface area contributed by atoms with Gasteiger partial charge in [0.25, 0.3) is 0 Å². The quantitative estimate of drug-likeness (QED) is 0.815. The van der Waals surface area contributed by atoms with Gasteiger partial charge in [0.1, 0.15) is 0 Å². The van der Waals surface area contributed by atoms with Crippen molar-refractivity contribution in [1.82, 2.24) is 4.90 Å². The van der Waals surface area contributed by atoms with Crippen LogP contribution in [0.2, 0.25) is 0 Å². The highest BCUT2D eigenvalue weighted by Gasteiger charge is 2.42. The highest BCUT2D eigenvalue weighted by Crippen LogP contribution is 2.34. The Morgan fingerprint density at radius 2 is 1.88 bits per heavy atom. The zero-order valence-electron chi connectivity index (χ0n) is 10.0. The maximum absolute atomic E-state index is 12.7. The summed E-state index contributed by atoms with van der Waals surface area (Å²) in [4.78, 5) is 1.97. The molecule has 0 aromatic rings. The average Bonchev–Trinajstić information content (AvgIpc) is 2.64. The van der Waals surface area contributed by atoms with Crippen LogP contribution in [0, 0.1) is 11.8 Å². The number of likely N-dealkylation sites (tertiary alicyclic amines) is 1. The van der Waals surface area contributed by atoms with Gasteiger partial charge in [-0.3, -0.25) is 0 Å². The smallest absolute Gasteiger partial charge is 0.327 e. The van der Waals surface area contributed by atoms with Gasteiger partial charge in [-0.25, -0.2) is 0 Å². The van der Waals surface area contributed by atoms with Gasteiger partial charge < -0.3 is 10.6 Å². The third-order valence-electron chi connectivity index (χ3n) is 4.18. The van der Waals surface area contributed by atoms with Crippen LogP contribution in [0.5, 0.6) is 0 Å². The van der Waals surface area contributed by atoms with E-state index >= 15 is 0 Å². The molecule has 1 saturated heterocycles. The predicted molar refractivity (Wildman–Crippen MR) is 60.5 cm³/mol. The van der Waals surface area contributed by atoms with Crippen LogP contribution in [-0.2, 0) is 0 Å². The van der Waals surface area contributed by atoms with E-state index in [0.29, 0.717) is 12.3 Å². The molecule has 1 heterocycles. The zero-order valence-corrected chi connectivity index (χ0v) is 10.0. The Balaban J connectivity index is 1.85. The van der Waals surface area contributed by atoms with Gasteiger partial charge in [0.2, 0.25) is 0 Å². The highest BCUT2D eigenvalue weighted by atomic mass is 19.4. The van der Waals surface area contributed by atoms with E-state index in [0.717, 1.165) is 32.4 Å². The molecule has 1 saturated carbocycles. The number of nitrogens with zero attached hydrogens (tertiary/aromatic N) is 1. The molecule has 2 rings (SSSR count). The molecule has 2 fully saturated rings. The molecule has 0 bridgehead atoms. The number of nitrogens with two attached hydrogens (primary N) is 1. The lowest BCUT2D eigenvalue weighted by atomic mass is 9.95. The molecule has 0 aromatic carbocycles. The number of hydrogen-bond donors (Lipinski definition) is 1. The first-order chi connectivity index (χ1) is 7.97. The Bertz CT molecular complexity index is 253. The molecule has 2 nitrogen and oxygen atoms in total. The van der Waals surface area contributed by atoms with Gasteiger partial charge in [-0.1, -0.05) is 6.42 Å². The molecule has 3 atom stereocenters. The summed E-state index contributed by atoms with van der Waals surface area (Å²) >= 11 is 0. The molecule has 3 unspecified atom stereocenters. The average molecular weight is 250 g/mol. The fourth-order valence-electron chi connectivity index (χ4n) is 3.11. The number of halogens is 3. The molecule has 2 aliphatic rings. The molecule has 1 aliphatic heterocycles. The van der Waals surface area contributed by atoms with E-state index in [1.165, 1.54) is 0 Å². The summed E-state index contributed by atoms with van der Waals surface area (Å²) in [6, 6.07) is 0.196. The van der Waals surface area contributed by atoms with Gasteiger partial charge in [-0.2, -0.15) is 13.2 Å². The number of piperidine rings is 1. The molecule has 100 valence electrons. The summed E-state index contributed by atoms with van der Waals surface area (Å²) in [5.74, 6) is -0.726. The van der Waals surface area contributed by atoms with E-state index in [4.69, 9.17) is 5.73 Å². The monoisotopic (exact) mass is 250 g/mol. The van der Waals surface area contributed by atoms with E-state index in [2.05, 4.69) is 0 Å². The maximum atomic E-state index is 12.7. The predicted octanol–water partition coefficient (Wildman–Crippen LogP) is 2.39. The molecule has 1 aliphatic carbocycles. The van der Waals surface area contributed by atoms with Crippen molar-refractivity contribution in [2.24, 2.45) is 17.6 Å². The number of hydrogen-bond acceptors (Lipinski definition) is 2. The standard InChI is InChI=1S/C12H21F3N2/c13-12(14,15)10-4-2-6-17(8-10)7-9-3-1-5-11(9)16/h9-11H,1-8,16H2. The number of rotatable bonds is 2. The summed E-state index contributed by atoms with van der Waals surface area (Å²) in [7, 11) is 0. The molecule has 5 heteroatoms. The van der Waals surface area contributed by atoms with Crippen molar-refractivity contribution < 1.29 is 13.2 Å². The molecular weight excluding hydrogens is 229 g/mol. The molecule has 0 radical (unpaired) electrons. The van der Waals surface area contributed by atoms with Gasteiger partial charge in [0, 0.05) is 19.1 Å². The second-order valence-corrected chi connectivity index (χ2v) is 5.50. The largest absolute Gasteiger partial charge is 0.393 e. The molecule has 0 amide bonds. The summed E-state index contributed by atoms with van der Waals surface area (Å²) in [5, 5.41) is 0. The van der Waals surface area contributed by atoms with Crippen molar-refractivity contribution in [3.8, 4) is 0 Å². The van der Waals surface area contributed by atoms with Crippen LogP contribution in [0.15, 0.2) is 0 Å². The minimum absolute atomic E-state index is 0.173. The summed E-state index contributed by atoms with van der Waals surface area (Å²) in [5.41, 5.74) is 5.97. The third-order valence-corrected chi connectivity index (χ3v) is 4.18. The van der Waals surface area contributed by atoms with E-state index in [-0.39, 0.29) is 19.0 Å². The summed E-state index contributed by atoms with van der Waals surface area (Å²) in [6.07, 6.45) is 0.150. The first-order valence-electron chi connectivity index (χ1n) is 6.51. The minimum Gasteiger partial charge on any atom is -0.327 e. The van der Waals surface area contributed by atoms with E-state index in [9.17, 15) is 13.2 Å². The lowest BCUT2D eigenvalue weighted by Gasteiger charge is -2.35. The fourth-order valence-corrected chi connectivity index (χ4v) is 3.11. The first-order valence-corrected chi connectivity index (χ1v) is 6.51. The lowest BCUT2D eigenvalue weighted by Crippen LogP contribution is -2.45. The van der Waals surface area contributed by atoms with Crippen molar-refractivity contribution in [3.05, 3.63) is 0 Å². The Kier molecular flexibility index (Phi) is 3.98. The lowest BCUT2D eigenvalue weighted by molar-refractivity contribution is -0.187. The Hall–Kier alpha value is -0.290. The van der Waals surface area contributed by atoms with Gasteiger partial charge in [0.15, 0.2) is 0 Å². The van der Waals surface area contributed by atoms with E-state index in [1.54, 1.807) is 0 Å². The molecule has 17 heavy (non-hydrogen) atoms. The Morgan fingerprint density at radius 3 is 2.47 bits per heavy atom. The van der Waals surface area contributed by atoms with Gasteiger partial charge in [0.05, 0.1) is 5.92 Å². The number of alkyl halides is 3. The van der Waals surface area contributed by atoms with Crippen LogP contribution in [0.3, 0.4) is 0 Å². The second kappa shape index (κ2) is 5.14. The second-order valence-electron chi connectivity index (χ2n) is 5.50. The van der Waals surface area contributed by atoms with Crippen molar-refractivity contribution in [2.75, 3.05) is 19.6 Å². The normalized spacial score (nSPS) is 36.4. The van der Waals surface area contributed by atoms with Crippen LogP contribution in [0.1, 0.15) is 32.1 Å². The van der Waals surface area contributed by atoms with Gasteiger partial charge in [-0.05, 0) is 38.1 Å². The van der Waals surface area contributed by atoms with Crippen LogP contribution < -0.4 is 5.73 Å². The topological polar surface area (TPSA) is 29.3 Å². The summed E-state index contributed by atoms with van der Waals surface area (Å²) < 4.78 is 38.0. The molecule has 0 aromatic heterocycles. The maximum Gasteiger partial charge on any atom is 0.393 e. The Labute approximate surface area is 100 Å². The first kappa shape index (κ1) is 13.1. The van der Waals surface area contributed by atoms with Crippen LogP contribution in [0.25, 0.3) is 0 Å². The minimum atomic E-state index is -4.03.